The number of halogens is 2. The second-order valence-corrected chi connectivity index (χ2v) is 8.22. The van der Waals surface area contributed by atoms with Gasteiger partial charge in [-0.15, -0.1) is 0 Å². The van der Waals surface area contributed by atoms with Crippen LogP contribution < -0.4 is 5.32 Å². The van der Waals surface area contributed by atoms with Crippen molar-refractivity contribution in [3.63, 3.8) is 0 Å². The van der Waals surface area contributed by atoms with Crippen LogP contribution in [0.5, 0.6) is 0 Å². The molecule has 2 fully saturated rings. The Morgan fingerprint density at radius 1 is 1.14 bits per heavy atom. The van der Waals surface area contributed by atoms with Crippen LogP contribution in [-0.2, 0) is 11.3 Å². The molecule has 0 spiro atoms. The summed E-state index contributed by atoms with van der Waals surface area (Å²) in [5, 5.41) is 3.25. The van der Waals surface area contributed by atoms with Crippen LogP contribution in [0, 0.1) is 23.5 Å². The Hall–Kier alpha value is -2.34. The van der Waals surface area contributed by atoms with Gasteiger partial charge in [-0.25, -0.2) is 8.78 Å². The number of nitrogens with zero attached hydrogens (tertiary/aromatic N) is 2. The average molecular weight is 399 g/mol. The molecule has 1 aromatic heterocycles. The normalized spacial score (nSPS) is 21.4. The number of carbonyl (C=O) groups is 1. The summed E-state index contributed by atoms with van der Waals surface area (Å²) in [6.07, 6.45) is 6.69. The van der Waals surface area contributed by atoms with Gasteiger partial charge in [-0.2, -0.15) is 0 Å². The Morgan fingerprint density at radius 3 is 2.72 bits per heavy atom. The second kappa shape index (κ2) is 8.99. The number of nitrogens with one attached hydrogen (secondary N) is 1. The molecule has 0 bridgehead atoms. The van der Waals surface area contributed by atoms with Gasteiger partial charge in [-0.05, 0) is 56.3 Å². The van der Waals surface area contributed by atoms with Gasteiger partial charge in [0.25, 0.3) is 0 Å². The molecule has 1 saturated heterocycles. The molecule has 2 aromatic rings. The standard InChI is InChI=1S/C23H27F2N3O/c24-19-10-4-8-17(21(19)25)14-28-13-5-9-18(15-28)22(20-11-1-2-12-26-20)27-23(29)16-6-3-7-16/h1-2,4,8,10-12,16,18,22H,3,5-7,9,13-15H2,(H,27,29)/t18-,22-/m1/s1. The molecule has 4 nitrogen and oxygen atoms in total. The Kier molecular flexibility index (Phi) is 6.19. The lowest BCUT2D eigenvalue weighted by atomic mass is 9.83. The number of piperidine rings is 1. The first-order chi connectivity index (χ1) is 14.1. The fraction of sp³-hybridized carbons (Fsp3) is 0.478. The van der Waals surface area contributed by atoms with Gasteiger partial charge in [0.1, 0.15) is 0 Å². The van der Waals surface area contributed by atoms with E-state index in [1.807, 2.05) is 18.2 Å². The van der Waals surface area contributed by atoms with Crippen molar-refractivity contribution in [1.82, 2.24) is 15.2 Å². The molecule has 1 N–H and O–H groups in total. The van der Waals surface area contributed by atoms with Gasteiger partial charge >= 0.3 is 0 Å². The van der Waals surface area contributed by atoms with Gasteiger partial charge in [0, 0.05) is 30.8 Å². The van der Waals surface area contributed by atoms with Gasteiger partial charge in [-0.3, -0.25) is 14.7 Å². The van der Waals surface area contributed by atoms with Crippen molar-refractivity contribution in [2.45, 2.75) is 44.7 Å². The number of carbonyl (C=O) groups excluding carboxylic acids is 1. The predicted octanol–water partition coefficient (Wildman–Crippen LogP) is 4.23. The molecular formula is C23H27F2N3O. The molecule has 1 aliphatic heterocycles. The summed E-state index contributed by atoms with van der Waals surface area (Å²) in [6, 6.07) is 9.93. The monoisotopic (exact) mass is 399 g/mol. The van der Waals surface area contributed by atoms with E-state index >= 15 is 0 Å². The number of likely N-dealkylation sites (tertiary alicyclic amines) is 1. The van der Waals surface area contributed by atoms with E-state index < -0.39 is 11.6 Å². The summed E-state index contributed by atoms with van der Waals surface area (Å²) >= 11 is 0. The maximum Gasteiger partial charge on any atom is 0.223 e. The van der Waals surface area contributed by atoms with E-state index in [0.717, 1.165) is 50.4 Å². The van der Waals surface area contributed by atoms with Crippen LogP contribution in [0.25, 0.3) is 0 Å². The quantitative estimate of drug-likeness (QED) is 0.791. The number of hydrogen-bond donors (Lipinski definition) is 1. The number of aromatic nitrogens is 1. The van der Waals surface area contributed by atoms with Crippen LogP contribution in [0.1, 0.15) is 49.4 Å². The topological polar surface area (TPSA) is 45.2 Å². The molecule has 0 radical (unpaired) electrons. The zero-order valence-electron chi connectivity index (χ0n) is 16.5. The molecule has 1 saturated carbocycles. The van der Waals surface area contributed by atoms with Crippen molar-refractivity contribution < 1.29 is 13.6 Å². The Labute approximate surface area is 170 Å². The zero-order chi connectivity index (χ0) is 20.2. The first kappa shape index (κ1) is 20.0. The van der Waals surface area contributed by atoms with Gasteiger partial charge in [0.2, 0.25) is 5.91 Å². The van der Waals surface area contributed by atoms with Gasteiger partial charge < -0.3 is 5.32 Å². The first-order valence-electron chi connectivity index (χ1n) is 10.5. The van der Waals surface area contributed by atoms with Gasteiger partial charge in [0.05, 0.1) is 11.7 Å². The Bertz CT molecular complexity index is 841. The minimum atomic E-state index is -0.810. The summed E-state index contributed by atoms with van der Waals surface area (Å²) in [6.45, 7) is 1.91. The lowest BCUT2D eigenvalue weighted by molar-refractivity contribution is -0.128. The fourth-order valence-electron chi connectivity index (χ4n) is 4.35. The summed E-state index contributed by atoms with van der Waals surface area (Å²) < 4.78 is 27.7. The molecule has 1 aliphatic carbocycles. The molecule has 1 amide bonds. The van der Waals surface area contributed by atoms with Crippen LogP contribution >= 0.6 is 0 Å². The van der Waals surface area contributed by atoms with E-state index in [2.05, 4.69) is 15.2 Å². The Morgan fingerprint density at radius 2 is 2.00 bits per heavy atom. The molecule has 2 aliphatic rings. The van der Waals surface area contributed by atoms with Crippen molar-refractivity contribution in [2.75, 3.05) is 13.1 Å². The van der Waals surface area contributed by atoms with E-state index in [1.54, 1.807) is 18.3 Å². The van der Waals surface area contributed by atoms with Crippen LogP contribution in [-0.4, -0.2) is 28.9 Å². The molecular weight excluding hydrogens is 372 g/mol. The van der Waals surface area contributed by atoms with E-state index in [0.29, 0.717) is 18.7 Å². The predicted molar refractivity (Wildman–Crippen MR) is 107 cm³/mol. The summed E-state index contributed by atoms with van der Waals surface area (Å²) in [5.41, 5.74) is 1.24. The fourth-order valence-corrected chi connectivity index (χ4v) is 4.35. The number of benzene rings is 1. The summed E-state index contributed by atoms with van der Waals surface area (Å²) in [7, 11) is 0. The molecule has 2 heterocycles. The van der Waals surface area contributed by atoms with E-state index in [9.17, 15) is 13.6 Å². The van der Waals surface area contributed by atoms with Crippen LogP contribution in [0.15, 0.2) is 42.6 Å². The molecule has 154 valence electrons. The minimum absolute atomic E-state index is 0.111. The largest absolute Gasteiger partial charge is 0.347 e. The third-order valence-electron chi connectivity index (χ3n) is 6.22. The van der Waals surface area contributed by atoms with Gasteiger partial charge in [0.15, 0.2) is 11.6 Å². The van der Waals surface area contributed by atoms with E-state index in [1.165, 1.54) is 0 Å². The highest BCUT2D eigenvalue weighted by Gasteiger charge is 2.33. The van der Waals surface area contributed by atoms with Gasteiger partial charge in [-0.1, -0.05) is 24.6 Å². The van der Waals surface area contributed by atoms with Crippen molar-refractivity contribution in [2.24, 2.45) is 11.8 Å². The van der Waals surface area contributed by atoms with Crippen LogP contribution in [0.4, 0.5) is 8.78 Å². The first-order valence-corrected chi connectivity index (χ1v) is 10.5. The number of amides is 1. The molecule has 0 unspecified atom stereocenters. The minimum Gasteiger partial charge on any atom is -0.347 e. The third kappa shape index (κ3) is 4.64. The highest BCUT2D eigenvalue weighted by Crippen LogP contribution is 2.32. The average Bonchev–Trinajstić information content (AvgIpc) is 2.69. The molecule has 6 heteroatoms. The molecule has 4 rings (SSSR count). The molecule has 2 atom stereocenters. The molecule has 29 heavy (non-hydrogen) atoms. The van der Waals surface area contributed by atoms with E-state index in [-0.39, 0.29) is 23.8 Å². The van der Waals surface area contributed by atoms with Crippen molar-refractivity contribution in [3.05, 3.63) is 65.5 Å². The van der Waals surface area contributed by atoms with Crippen molar-refractivity contribution >= 4 is 5.91 Å². The molecule has 1 aromatic carbocycles. The lowest BCUT2D eigenvalue weighted by Gasteiger charge is -2.38. The number of rotatable bonds is 6. The zero-order valence-corrected chi connectivity index (χ0v) is 16.5. The van der Waals surface area contributed by atoms with Crippen LogP contribution in [0.2, 0.25) is 0 Å². The summed E-state index contributed by atoms with van der Waals surface area (Å²) in [5.74, 6) is -1.17. The maximum absolute atomic E-state index is 14.1. The lowest BCUT2D eigenvalue weighted by Crippen LogP contribution is -2.45. The van der Waals surface area contributed by atoms with Crippen molar-refractivity contribution in [1.29, 1.82) is 0 Å². The summed E-state index contributed by atoms with van der Waals surface area (Å²) in [4.78, 5) is 19.3. The van der Waals surface area contributed by atoms with E-state index in [4.69, 9.17) is 0 Å². The maximum atomic E-state index is 14.1. The van der Waals surface area contributed by atoms with Crippen molar-refractivity contribution in [3.8, 4) is 0 Å². The Balaban J connectivity index is 1.49. The highest BCUT2D eigenvalue weighted by atomic mass is 19.2. The SMILES string of the molecule is O=C(N[C@@H](c1ccccn1)[C@@H]1CCCN(Cc2cccc(F)c2F)C1)C1CCC1. The third-order valence-corrected chi connectivity index (χ3v) is 6.22. The second-order valence-electron chi connectivity index (χ2n) is 8.22. The number of pyridine rings is 1. The van der Waals surface area contributed by atoms with Crippen LogP contribution in [0.3, 0.4) is 0 Å². The number of hydrogen-bond acceptors (Lipinski definition) is 3. The smallest absolute Gasteiger partial charge is 0.223 e. The highest BCUT2D eigenvalue weighted by molar-refractivity contribution is 5.79.